The average molecular weight is 389 g/mol. The molecule has 3 aromatic rings. The molecule has 1 amide bonds. The third-order valence-corrected chi connectivity index (χ3v) is 5.50. The zero-order chi connectivity index (χ0) is 17.9. The summed E-state index contributed by atoms with van der Waals surface area (Å²) in [6.45, 7) is 1.65. The average Bonchev–Trinajstić information content (AvgIpc) is 3.38. The standard InChI is InChI=1S/C18H17ClN4O2S/c19-12-5-7-13(8-6-12)20-17(24)18-22-21-16(26-18)11-23-9-1-3-14(23)15-4-2-10-25-15/h2,4-8,10,14H,1,3,9,11H2,(H,20,24). The number of rotatable bonds is 5. The molecule has 0 aliphatic carbocycles. The molecule has 26 heavy (non-hydrogen) atoms. The number of likely N-dealkylation sites (tertiary alicyclic amines) is 1. The highest BCUT2D eigenvalue weighted by Crippen LogP contribution is 2.33. The van der Waals surface area contributed by atoms with Gasteiger partial charge in [0.25, 0.3) is 5.91 Å². The Bertz CT molecular complexity index is 879. The zero-order valence-electron chi connectivity index (χ0n) is 13.9. The maximum Gasteiger partial charge on any atom is 0.286 e. The van der Waals surface area contributed by atoms with E-state index in [1.807, 2.05) is 12.1 Å². The minimum atomic E-state index is -0.264. The van der Waals surface area contributed by atoms with Gasteiger partial charge in [0.2, 0.25) is 5.01 Å². The fourth-order valence-corrected chi connectivity index (χ4v) is 4.01. The van der Waals surface area contributed by atoms with E-state index in [1.54, 1.807) is 30.5 Å². The van der Waals surface area contributed by atoms with Crippen molar-refractivity contribution in [3.63, 3.8) is 0 Å². The lowest BCUT2D eigenvalue weighted by Crippen LogP contribution is -2.22. The number of furan rings is 1. The molecule has 134 valence electrons. The molecule has 8 heteroatoms. The number of carbonyl (C=O) groups is 1. The molecule has 0 bridgehead atoms. The van der Waals surface area contributed by atoms with Crippen molar-refractivity contribution in [3.05, 3.63) is 63.5 Å². The van der Waals surface area contributed by atoms with Crippen LogP contribution in [0.2, 0.25) is 5.02 Å². The summed E-state index contributed by atoms with van der Waals surface area (Å²) in [6.07, 6.45) is 3.89. The van der Waals surface area contributed by atoms with Crippen LogP contribution in [0.5, 0.6) is 0 Å². The Labute approximate surface area is 159 Å². The number of nitrogens with one attached hydrogen (secondary N) is 1. The molecular formula is C18H17ClN4O2S. The van der Waals surface area contributed by atoms with Gasteiger partial charge >= 0.3 is 0 Å². The van der Waals surface area contributed by atoms with Gasteiger partial charge in [0.05, 0.1) is 18.8 Å². The smallest absolute Gasteiger partial charge is 0.286 e. The van der Waals surface area contributed by atoms with Gasteiger partial charge in [-0.2, -0.15) is 0 Å². The normalized spacial score (nSPS) is 17.5. The Morgan fingerprint density at radius 1 is 1.31 bits per heavy atom. The highest BCUT2D eigenvalue weighted by atomic mass is 35.5. The summed E-state index contributed by atoms with van der Waals surface area (Å²) < 4.78 is 5.56. The number of anilines is 1. The van der Waals surface area contributed by atoms with Gasteiger partial charge in [0.1, 0.15) is 10.8 Å². The fourth-order valence-electron chi connectivity index (χ4n) is 3.12. The molecule has 1 aliphatic rings. The predicted octanol–water partition coefficient (Wildman–Crippen LogP) is 4.37. The zero-order valence-corrected chi connectivity index (χ0v) is 15.5. The third kappa shape index (κ3) is 3.80. The van der Waals surface area contributed by atoms with Crippen molar-refractivity contribution in [3.8, 4) is 0 Å². The first kappa shape index (κ1) is 17.2. The first-order chi connectivity index (χ1) is 12.7. The van der Waals surface area contributed by atoms with E-state index in [9.17, 15) is 4.79 Å². The minimum absolute atomic E-state index is 0.264. The molecule has 1 fully saturated rings. The van der Waals surface area contributed by atoms with E-state index in [1.165, 1.54) is 11.3 Å². The van der Waals surface area contributed by atoms with E-state index in [0.717, 1.165) is 30.2 Å². The van der Waals surface area contributed by atoms with Crippen molar-refractivity contribution < 1.29 is 9.21 Å². The summed E-state index contributed by atoms with van der Waals surface area (Å²) in [7, 11) is 0. The third-order valence-electron chi connectivity index (χ3n) is 4.34. The van der Waals surface area contributed by atoms with E-state index in [2.05, 4.69) is 20.4 Å². The molecule has 0 spiro atoms. The Hall–Kier alpha value is -2.22. The van der Waals surface area contributed by atoms with Crippen LogP contribution >= 0.6 is 22.9 Å². The van der Waals surface area contributed by atoms with Crippen molar-refractivity contribution in [2.75, 3.05) is 11.9 Å². The maximum absolute atomic E-state index is 12.3. The number of hydrogen-bond acceptors (Lipinski definition) is 6. The Morgan fingerprint density at radius 3 is 2.92 bits per heavy atom. The molecule has 6 nitrogen and oxygen atoms in total. The van der Waals surface area contributed by atoms with Crippen molar-refractivity contribution in [1.29, 1.82) is 0 Å². The van der Waals surface area contributed by atoms with Gasteiger partial charge in [0, 0.05) is 10.7 Å². The predicted molar refractivity (Wildman–Crippen MR) is 100 cm³/mol. The van der Waals surface area contributed by atoms with E-state index >= 15 is 0 Å². The summed E-state index contributed by atoms with van der Waals surface area (Å²) >= 11 is 7.17. The molecule has 1 atom stereocenters. The number of aromatic nitrogens is 2. The van der Waals surface area contributed by atoms with Gasteiger partial charge in [0.15, 0.2) is 0 Å². The van der Waals surface area contributed by atoms with Gasteiger partial charge in [-0.05, 0) is 55.8 Å². The second-order valence-corrected chi connectivity index (χ2v) is 7.60. The van der Waals surface area contributed by atoms with Crippen molar-refractivity contribution in [2.45, 2.75) is 25.4 Å². The number of benzene rings is 1. The van der Waals surface area contributed by atoms with Gasteiger partial charge in [-0.3, -0.25) is 9.69 Å². The first-order valence-corrected chi connectivity index (χ1v) is 9.55. The molecule has 3 heterocycles. The lowest BCUT2D eigenvalue weighted by atomic mass is 10.2. The Morgan fingerprint density at radius 2 is 2.15 bits per heavy atom. The molecule has 2 aromatic heterocycles. The Kier molecular flexibility index (Phi) is 5.01. The van der Waals surface area contributed by atoms with E-state index in [0.29, 0.717) is 22.3 Å². The highest BCUT2D eigenvalue weighted by Gasteiger charge is 2.29. The first-order valence-electron chi connectivity index (χ1n) is 8.36. The van der Waals surface area contributed by atoms with E-state index < -0.39 is 0 Å². The van der Waals surface area contributed by atoms with Crippen LogP contribution in [0, 0.1) is 0 Å². The van der Waals surface area contributed by atoms with Crippen LogP contribution in [0.4, 0.5) is 5.69 Å². The molecule has 1 unspecified atom stereocenters. The number of amides is 1. The monoisotopic (exact) mass is 388 g/mol. The van der Waals surface area contributed by atoms with Crippen LogP contribution in [0.15, 0.2) is 47.1 Å². The SMILES string of the molecule is O=C(Nc1ccc(Cl)cc1)c1nnc(CN2CCCC2c2ccco2)s1. The number of halogens is 1. The summed E-state index contributed by atoms with van der Waals surface area (Å²) in [5.74, 6) is 0.716. The van der Waals surface area contributed by atoms with Crippen molar-refractivity contribution >= 4 is 34.5 Å². The molecule has 1 aliphatic heterocycles. The van der Waals surface area contributed by atoms with Crippen LogP contribution in [-0.4, -0.2) is 27.5 Å². The van der Waals surface area contributed by atoms with Gasteiger partial charge in [-0.15, -0.1) is 10.2 Å². The molecule has 1 N–H and O–H groups in total. The van der Waals surface area contributed by atoms with Gasteiger partial charge in [-0.1, -0.05) is 22.9 Å². The second kappa shape index (κ2) is 7.57. The molecule has 1 aromatic carbocycles. The summed E-state index contributed by atoms with van der Waals surface area (Å²) in [4.78, 5) is 14.7. The van der Waals surface area contributed by atoms with Gasteiger partial charge < -0.3 is 9.73 Å². The number of hydrogen-bond donors (Lipinski definition) is 1. The summed E-state index contributed by atoms with van der Waals surface area (Å²) in [5.41, 5.74) is 0.675. The molecular weight excluding hydrogens is 372 g/mol. The van der Waals surface area contributed by atoms with Crippen molar-refractivity contribution in [2.24, 2.45) is 0 Å². The minimum Gasteiger partial charge on any atom is -0.468 e. The summed E-state index contributed by atoms with van der Waals surface area (Å²) in [6, 6.07) is 11.1. The quantitative estimate of drug-likeness (QED) is 0.702. The van der Waals surface area contributed by atoms with Crippen LogP contribution < -0.4 is 5.32 Å². The molecule has 4 rings (SSSR count). The van der Waals surface area contributed by atoms with Crippen LogP contribution in [-0.2, 0) is 6.54 Å². The van der Waals surface area contributed by atoms with Gasteiger partial charge in [-0.25, -0.2) is 0 Å². The van der Waals surface area contributed by atoms with E-state index in [-0.39, 0.29) is 11.9 Å². The Balaban J connectivity index is 1.41. The lowest BCUT2D eigenvalue weighted by Gasteiger charge is -2.21. The maximum atomic E-state index is 12.3. The topological polar surface area (TPSA) is 71.3 Å². The largest absolute Gasteiger partial charge is 0.468 e. The van der Waals surface area contributed by atoms with Crippen LogP contribution in [0.3, 0.4) is 0 Å². The van der Waals surface area contributed by atoms with Crippen LogP contribution in [0.1, 0.15) is 39.5 Å². The fraction of sp³-hybridized carbons (Fsp3) is 0.278. The summed E-state index contributed by atoms with van der Waals surface area (Å²) in [5, 5.41) is 12.8. The number of nitrogens with zero attached hydrogens (tertiary/aromatic N) is 3. The van der Waals surface area contributed by atoms with Crippen molar-refractivity contribution in [1.82, 2.24) is 15.1 Å². The second-order valence-electron chi connectivity index (χ2n) is 6.11. The molecule has 0 radical (unpaired) electrons. The van der Waals surface area contributed by atoms with E-state index in [4.69, 9.17) is 16.0 Å². The highest BCUT2D eigenvalue weighted by molar-refractivity contribution is 7.13. The molecule has 0 saturated carbocycles. The van der Waals surface area contributed by atoms with Crippen LogP contribution in [0.25, 0.3) is 0 Å². The number of carbonyl (C=O) groups excluding carboxylic acids is 1. The lowest BCUT2D eigenvalue weighted by molar-refractivity contribution is 0.102. The molecule has 1 saturated heterocycles.